The van der Waals surface area contributed by atoms with Crippen LogP contribution in [0.15, 0.2) is 33.9 Å². The van der Waals surface area contributed by atoms with Crippen LogP contribution in [0.5, 0.6) is 0 Å². The van der Waals surface area contributed by atoms with E-state index < -0.39 is 0 Å². The Bertz CT molecular complexity index is 1070. The topological polar surface area (TPSA) is 59.9 Å². The van der Waals surface area contributed by atoms with E-state index in [0.29, 0.717) is 21.8 Å². The lowest BCUT2D eigenvalue weighted by atomic mass is 10.1. The van der Waals surface area contributed by atoms with Crippen LogP contribution in [0.25, 0.3) is 21.8 Å². The van der Waals surface area contributed by atoms with Crippen molar-refractivity contribution in [1.82, 2.24) is 9.97 Å². The van der Waals surface area contributed by atoms with Crippen LogP contribution in [0.2, 0.25) is 0 Å². The molecule has 0 spiro atoms. The molecule has 0 aromatic heterocycles. The number of hydrogen-bond acceptors (Lipinski definition) is 4. The van der Waals surface area contributed by atoms with Crippen LogP contribution in [0.3, 0.4) is 0 Å². The van der Waals surface area contributed by atoms with Gasteiger partial charge in [0.15, 0.2) is 0 Å². The van der Waals surface area contributed by atoms with Gasteiger partial charge < -0.3 is 0 Å². The number of benzene rings is 2. The third kappa shape index (κ3) is 1.63. The molecule has 4 rings (SSSR count). The van der Waals surface area contributed by atoms with Gasteiger partial charge in [0, 0.05) is 17.6 Å². The summed E-state index contributed by atoms with van der Waals surface area (Å²) < 4.78 is 1.74. The summed E-state index contributed by atoms with van der Waals surface area (Å²) in [6.07, 6.45) is 0. The second kappa shape index (κ2) is 4.17. The summed E-state index contributed by atoms with van der Waals surface area (Å²) in [5, 5.41) is 2.54. The van der Waals surface area contributed by atoms with E-state index in [1.807, 2.05) is 12.1 Å². The van der Waals surface area contributed by atoms with E-state index in [2.05, 4.69) is 55.1 Å². The molecule has 2 aromatic rings. The van der Waals surface area contributed by atoms with E-state index in [1.54, 1.807) is 12.1 Å². The van der Waals surface area contributed by atoms with Crippen molar-refractivity contribution in [1.29, 1.82) is 0 Å². The molecule has 0 saturated heterocycles. The maximum atomic E-state index is 12.2. The maximum absolute atomic E-state index is 12.2. The van der Waals surface area contributed by atoms with Gasteiger partial charge in [0.2, 0.25) is 0 Å². The van der Waals surface area contributed by atoms with Crippen molar-refractivity contribution in [3.8, 4) is 0 Å². The molecule has 0 amide bonds. The highest BCUT2D eigenvalue weighted by Gasteiger charge is 2.13. The first-order chi connectivity index (χ1) is 9.54. The number of rotatable bonds is 0. The summed E-state index contributed by atoms with van der Waals surface area (Å²) >= 11 is 4.22. The van der Waals surface area contributed by atoms with E-state index in [4.69, 9.17) is 0 Å². The van der Waals surface area contributed by atoms with Crippen molar-refractivity contribution in [3.63, 3.8) is 0 Å². The Labute approximate surface area is 138 Å². The fourth-order valence-corrected chi connectivity index (χ4v) is 3.78. The van der Waals surface area contributed by atoms with Gasteiger partial charge >= 0.3 is 0 Å². The highest BCUT2D eigenvalue weighted by atomic mass is 127. The first kappa shape index (κ1) is 12.6. The molecule has 0 unspecified atom stereocenters. The predicted octanol–water partition coefficient (Wildman–Crippen LogP) is 2.31. The summed E-state index contributed by atoms with van der Waals surface area (Å²) in [7, 11) is 0. The van der Waals surface area contributed by atoms with E-state index in [9.17, 15) is 9.59 Å². The summed E-state index contributed by atoms with van der Waals surface area (Å²) in [4.78, 5) is 32.6. The van der Waals surface area contributed by atoms with Crippen LogP contribution in [0, 0.1) is 17.6 Å². The molecule has 0 saturated carbocycles. The second-order valence-electron chi connectivity index (χ2n) is 4.53. The highest BCUT2D eigenvalue weighted by Crippen LogP contribution is 2.21. The van der Waals surface area contributed by atoms with E-state index in [0.717, 1.165) is 17.6 Å². The van der Waals surface area contributed by atoms with Gasteiger partial charge in [0.05, 0.1) is 21.8 Å². The molecule has 20 heavy (non-hydrogen) atoms. The van der Waals surface area contributed by atoms with Crippen molar-refractivity contribution >= 4 is 67.0 Å². The molecule has 6 heteroatoms. The largest absolute Gasteiger partial charge is 0.278 e. The molecule has 2 aliphatic rings. The number of halogens is 2. The van der Waals surface area contributed by atoms with Crippen molar-refractivity contribution in [3.05, 3.63) is 62.6 Å². The molecule has 0 fully saturated rings. The van der Waals surface area contributed by atoms with Crippen LogP contribution in [0.4, 0.5) is 0 Å². The van der Waals surface area contributed by atoms with Gasteiger partial charge in [0.1, 0.15) is 0 Å². The first-order valence-corrected chi connectivity index (χ1v) is 7.90. The molecule has 2 heterocycles. The lowest BCUT2D eigenvalue weighted by molar-refractivity contribution is 1.24. The Hall–Kier alpha value is -1.16. The smallest absolute Gasteiger partial charge is 0.267 e. The summed E-state index contributed by atoms with van der Waals surface area (Å²) in [6, 6.07) is 7.23. The minimum absolute atomic E-state index is 0.273. The summed E-state index contributed by atoms with van der Waals surface area (Å²) in [5.41, 5.74) is 0.583. The van der Waals surface area contributed by atoms with Crippen LogP contribution in [0.1, 0.15) is 0 Å². The van der Waals surface area contributed by atoms with Gasteiger partial charge in [-0.2, -0.15) is 0 Å². The van der Waals surface area contributed by atoms with Gasteiger partial charge in [0.25, 0.3) is 11.1 Å². The zero-order valence-electron chi connectivity index (χ0n) is 9.78. The lowest BCUT2D eigenvalue weighted by Gasteiger charge is -2.06. The second-order valence-corrected chi connectivity index (χ2v) is 7.02. The van der Waals surface area contributed by atoms with E-state index in [-0.39, 0.29) is 11.1 Å². The standard InChI is InChI=1S/C14H4I2N2O2/c15-5-1-7-11-9(3-5)18-14(20)8-2-6(16)4-10(12(8)11)17-13(7)19/h1-4H. The maximum Gasteiger partial charge on any atom is 0.278 e. The minimum Gasteiger partial charge on any atom is -0.267 e. The van der Waals surface area contributed by atoms with Gasteiger partial charge in [-0.1, -0.05) is 0 Å². The molecule has 0 radical (unpaired) electrons. The summed E-state index contributed by atoms with van der Waals surface area (Å²) in [5.74, 6) is 0. The SMILES string of the molecule is O=c1nc2cc(I)cc3c(=O)nc4cc(I)cc1c4=c23. The van der Waals surface area contributed by atoms with Gasteiger partial charge in [-0.05, 0) is 69.4 Å². The fraction of sp³-hybridized carbons (Fsp3) is 0. The first-order valence-electron chi connectivity index (χ1n) is 5.74. The van der Waals surface area contributed by atoms with Crippen molar-refractivity contribution in [2.24, 2.45) is 0 Å². The van der Waals surface area contributed by atoms with Gasteiger partial charge in [-0.3, -0.25) is 9.59 Å². The molecule has 2 aromatic carbocycles. The Morgan fingerprint density at radius 3 is 1.50 bits per heavy atom. The van der Waals surface area contributed by atoms with Crippen LogP contribution in [-0.2, 0) is 0 Å². The van der Waals surface area contributed by atoms with Crippen LogP contribution in [-0.4, -0.2) is 9.97 Å². The van der Waals surface area contributed by atoms with Crippen LogP contribution < -0.4 is 11.1 Å². The Kier molecular flexibility index (Phi) is 2.62. The Balaban J connectivity index is 2.61. The summed E-state index contributed by atoms with van der Waals surface area (Å²) in [6.45, 7) is 0. The Morgan fingerprint density at radius 2 is 1.10 bits per heavy atom. The minimum atomic E-state index is -0.273. The molecule has 4 nitrogen and oxygen atoms in total. The van der Waals surface area contributed by atoms with Crippen molar-refractivity contribution in [2.45, 2.75) is 0 Å². The molecule has 0 atom stereocenters. The molecule has 0 bridgehead atoms. The molecule has 0 aliphatic carbocycles. The van der Waals surface area contributed by atoms with E-state index in [1.165, 1.54) is 0 Å². The third-order valence-corrected chi connectivity index (χ3v) is 4.57. The zero-order valence-corrected chi connectivity index (χ0v) is 14.1. The van der Waals surface area contributed by atoms with Gasteiger partial charge in [-0.15, -0.1) is 0 Å². The third-order valence-electron chi connectivity index (χ3n) is 3.32. The predicted molar refractivity (Wildman–Crippen MR) is 92.7 cm³/mol. The Morgan fingerprint density at radius 1 is 0.700 bits per heavy atom. The molecule has 96 valence electrons. The van der Waals surface area contributed by atoms with E-state index >= 15 is 0 Å². The number of nitrogens with zero attached hydrogens (tertiary/aromatic N) is 2. The quantitative estimate of drug-likeness (QED) is 0.359. The molecule has 0 N–H and O–H groups in total. The highest BCUT2D eigenvalue weighted by molar-refractivity contribution is 14.1. The number of hydrogen-bond donors (Lipinski definition) is 0. The number of aromatic nitrogens is 2. The molecular formula is C14H4I2N2O2. The zero-order chi connectivity index (χ0) is 14.0. The lowest BCUT2D eigenvalue weighted by Crippen LogP contribution is -2.14. The van der Waals surface area contributed by atoms with Gasteiger partial charge in [-0.25, -0.2) is 9.97 Å². The monoisotopic (exact) mass is 486 g/mol. The average molecular weight is 486 g/mol. The average Bonchev–Trinajstić information content (AvgIpc) is 2.37. The normalized spacial score (nSPS) is 11.9. The molecular weight excluding hydrogens is 482 g/mol. The van der Waals surface area contributed by atoms with Crippen LogP contribution >= 0.6 is 45.2 Å². The molecule has 2 aliphatic heterocycles. The van der Waals surface area contributed by atoms with Crippen molar-refractivity contribution in [2.75, 3.05) is 0 Å². The van der Waals surface area contributed by atoms with Crippen molar-refractivity contribution < 1.29 is 0 Å². The fourth-order valence-electron chi connectivity index (χ4n) is 2.56.